The number of hydrogen-bond donors (Lipinski definition) is 0. The Labute approximate surface area is 105 Å². The summed E-state index contributed by atoms with van der Waals surface area (Å²) in [5.41, 5.74) is 5.94. The Morgan fingerprint density at radius 2 is 1.94 bits per heavy atom. The second-order valence-corrected chi connectivity index (χ2v) is 5.05. The quantitative estimate of drug-likeness (QED) is 0.603. The molecule has 3 rings (SSSR count). The van der Waals surface area contributed by atoms with Gasteiger partial charge in [0.1, 0.15) is 5.65 Å². The molecule has 2 aromatic heterocycles. The molecule has 86 valence electrons. The molecule has 0 amide bonds. The van der Waals surface area contributed by atoms with E-state index in [2.05, 4.69) is 53.8 Å². The van der Waals surface area contributed by atoms with Crippen LogP contribution in [0.1, 0.15) is 11.1 Å². The fraction of sp³-hybridized carbons (Fsp3) is 0.214. The summed E-state index contributed by atoms with van der Waals surface area (Å²) in [6, 6.07) is 10.5. The number of hydrogen-bond acceptors (Lipinski definition) is 2. The predicted molar refractivity (Wildman–Crippen MR) is 74.0 cm³/mol. The van der Waals surface area contributed by atoms with E-state index < -0.39 is 0 Å². The number of imidazole rings is 1. The molecule has 17 heavy (non-hydrogen) atoms. The summed E-state index contributed by atoms with van der Waals surface area (Å²) in [6.45, 7) is 4.32. The highest BCUT2D eigenvalue weighted by atomic mass is 32.2. The molecule has 0 atom stereocenters. The van der Waals surface area contributed by atoms with Crippen molar-refractivity contribution in [3.8, 4) is 0 Å². The minimum absolute atomic E-state index is 1.04. The van der Waals surface area contributed by atoms with Crippen molar-refractivity contribution >= 4 is 28.4 Å². The summed E-state index contributed by atoms with van der Waals surface area (Å²) >= 11 is 1.78. The molecule has 0 aliphatic carbocycles. The van der Waals surface area contributed by atoms with E-state index in [9.17, 15) is 0 Å². The first-order chi connectivity index (χ1) is 8.22. The fourth-order valence-electron chi connectivity index (χ4n) is 2.24. The van der Waals surface area contributed by atoms with Crippen LogP contribution < -0.4 is 0 Å². The van der Waals surface area contributed by atoms with E-state index in [4.69, 9.17) is 0 Å². The molecule has 2 nitrogen and oxygen atoms in total. The summed E-state index contributed by atoms with van der Waals surface area (Å²) in [6.07, 6.45) is 2.12. The van der Waals surface area contributed by atoms with Crippen molar-refractivity contribution in [3.63, 3.8) is 0 Å². The number of aromatic nitrogens is 2. The second-order valence-electron chi connectivity index (χ2n) is 4.26. The van der Waals surface area contributed by atoms with Gasteiger partial charge >= 0.3 is 0 Å². The zero-order valence-corrected chi connectivity index (χ0v) is 11.0. The van der Waals surface area contributed by atoms with Crippen LogP contribution in [0.4, 0.5) is 0 Å². The molecule has 0 N–H and O–H groups in total. The smallest absolute Gasteiger partial charge is 0.139 e. The van der Waals surface area contributed by atoms with Crippen LogP contribution in [0, 0.1) is 13.8 Å². The summed E-state index contributed by atoms with van der Waals surface area (Å²) in [5.74, 6) is 0. The van der Waals surface area contributed by atoms with Crippen molar-refractivity contribution in [3.05, 3.63) is 41.5 Å². The maximum atomic E-state index is 4.68. The maximum Gasteiger partial charge on any atom is 0.139 e. The zero-order chi connectivity index (χ0) is 12.0. The lowest BCUT2D eigenvalue weighted by molar-refractivity contribution is 1.00. The Kier molecular flexibility index (Phi) is 2.37. The van der Waals surface area contributed by atoms with Gasteiger partial charge < -0.3 is 0 Å². The molecule has 0 saturated heterocycles. The maximum absolute atomic E-state index is 4.68. The van der Waals surface area contributed by atoms with E-state index in [1.807, 2.05) is 6.07 Å². The topological polar surface area (TPSA) is 17.3 Å². The van der Waals surface area contributed by atoms with Crippen LogP contribution in [-0.2, 0) is 0 Å². The number of fused-ring (bicyclic) bond motifs is 3. The molecule has 0 radical (unpaired) electrons. The van der Waals surface area contributed by atoms with Crippen molar-refractivity contribution in [2.24, 2.45) is 0 Å². The lowest BCUT2D eigenvalue weighted by Crippen LogP contribution is -1.96. The van der Waals surface area contributed by atoms with Crippen molar-refractivity contribution in [2.75, 3.05) is 6.26 Å². The number of para-hydroxylation sites is 2. The third-order valence-corrected chi connectivity index (χ3v) is 4.12. The van der Waals surface area contributed by atoms with Crippen LogP contribution in [0.25, 0.3) is 16.7 Å². The lowest BCUT2D eigenvalue weighted by atomic mass is 10.2. The van der Waals surface area contributed by atoms with Crippen molar-refractivity contribution in [2.45, 2.75) is 18.9 Å². The third kappa shape index (κ3) is 1.46. The van der Waals surface area contributed by atoms with Crippen LogP contribution >= 0.6 is 11.8 Å². The van der Waals surface area contributed by atoms with E-state index in [-0.39, 0.29) is 0 Å². The Hall–Kier alpha value is -1.48. The predicted octanol–water partition coefficient (Wildman–Crippen LogP) is 3.83. The average molecular weight is 242 g/mol. The van der Waals surface area contributed by atoms with Crippen molar-refractivity contribution in [1.82, 2.24) is 9.38 Å². The summed E-state index contributed by atoms with van der Waals surface area (Å²) < 4.78 is 2.25. The van der Waals surface area contributed by atoms with Gasteiger partial charge in [-0.1, -0.05) is 12.1 Å². The third-order valence-electron chi connectivity index (χ3n) is 3.24. The first-order valence-electron chi connectivity index (χ1n) is 5.64. The standard InChI is InChI=1S/C14H14N2S/c1-9-8-13-15-11-6-4-5-7-12(11)16(13)14(17-3)10(9)2/h4-8H,1-3H3. The molecule has 0 unspecified atom stereocenters. The van der Waals surface area contributed by atoms with Gasteiger partial charge in [-0.25, -0.2) is 4.98 Å². The highest BCUT2D eigenvalue weighted by Gasteiger charge is 2.11. The average Bonchev–Trinajstić information content (AvgIpc) is 2.69. The normalized spacial score (nSPS) is 11.5. The Morgan fingerprint density at radius 1 is 1.18 bits per heavy atom. The molecule has 3 aromatic rings. The molecule has 2 heterocycles. The number of thioether (sulfide) groups is 1. The van der Waals surface area contributed by atoms with E-state index in [1.54, 1.807) is 11.8 Å². The van der Waals surface area contributed by atoms with E-state index in [1.165, 1.54) is 21.7 Å². The van der Waals surface area contributed by atoms with Crippen LogP contribution in [-0.4, -0.2) is 15.6 Å². The second kappa shape index (κ2) is 3.77. The summed E-state index contributed by atoms with van der Waals surface area (Å²) in [5, 5.41) is 1.29. The number of benzene rings is 1. The molecule has 0 aliphatic heterocycles. The van der Waals surface area contributed by atoms with Crippen LogP contribution in [0.3, 0.4) is 0 Å². The molecular formula is C14H14N2S. The molecule has 3 heteroatoms. The summed E-state index contributed by atoms with van der Waals surface area (Å²) in [4.78, 5) is 4.68. The monoisotopic (exact) mass is 242 g/mol. The lowest BCUT2D eigenvalue weighted by Gasteiger charge is -2.10. The van der Waals surface area contributed by atoms with Crippen LogP contribution in [0.5, 0.6) is 0 Å². The molecular weight excluding hydrogens is 228 g/mol. The molecule has 0 bridgehead atoms. The minimum Gasteiger partial charge on any atom is -0.287 e. The SMILES string of the molecule is CSc1c(C)c(C)cc2nc3ccccc3n12. The van der Waals surface area contributed by atoms with Crippen LogP contribution in [0.2, 0.25) is 0 Å². The molecule has 0 saturated carbocycles. The molecule has 0 aliphatic rings. The number of rotatable bonds is 1. The van der Waals surface area contributed by atoms with Gasteiger partial charge in [-0.05, 0) is 49.4 Å². The van der Waals surface area contributed by atoms with Crippen molar-refractivity contribution < 1.29 is 0 Å². The van der Waals surface area contributed by atoms with Gasteiger partial charge in [-0.15, -0.1) is 11.8 Å². The zero-order valence-electron chi connectivity index (χ0n) is 10.2. The van der Waals surface area contributed by atoms with Crippen molar-refractivity contribution in [1.29, 1.82) is 0 Å². The van der Waals surface area contributed by atoms with E-state index in [0.29, 0.717) is 0 Å². The number of aryl methyl sites for hydroxylation is 1. The fourth-order valence-corrected chi connectivity index (χ4v) is 3.08. The molecule has 1 aromatic carbocycles. The van der Waals surface area contributed by atoms with Gasteiger partial charge in [0.25, 0.3) is 0 Å². The van der Waals surface area contributed by atoms with Gasteiger partial charge in [0.15, 0.2) is 0 Å². The highest BCUT2D eigenvalue weighted by Crippen LogP contribution is 2.28. The molecule has 0 fully saturated rings. The largest absolute Gasteiger partial charge is 0.287 e. The van der Waals surface area contributed by atoms with Crippen LogP contribution in [0.15, 0.2) is 35.4 Å². The van der Waals surface area contributed by atoms with Gasteiger partial charge in [-0.3, -0.25) is 4.40 Å². The highest BCUT2D eigenvalue weighted by molar-refractivity contribution is 7.98. The summed E-state index contributed by atoms with van der Waals surface area (Å²) in [7, 11) is 0. The van der Waals surface area contributed by atoms with Gasteiger partial charge in [0.2, 0.25) is 0 Å². The Morgan fingerprint density at radius 3 is 2.71 bits per heavy atom. The van der Waals surface area contributed by atoms with Gasteiger partial charge in [0.05, 0.1) is 16.1 Å². The number of pyridine rings is 1. The Balaban J connectivity index is 2.58. The van der Waals surface area contributed by atoms with E-state index >= 15 is 0 Å². The Bertz CT molecular complexity index is 713. The first-order valence-corrected chi connectivity index (χ1v) is 6.86. The van der Waals surface area contributed by atoms with Gasteiger partial charge in [0, 0.05) is 0 Å². The number of nitrogens with zero attached hydrogens (tertiary/aromatic N) is 2. The van der Waals surface area contributed by atoms with E-state index in [0.717, 1.165) is 11.2 Å². The first kappa shape index (κ1) is 10.7. The molecule has 0 spiro atoms. The van der Waals surface area contributed by atoms with Gasteiger partial charge in [-0.2, -0.15) is 0 Å². The minimum atomic E-state index is 1.04.